The first-order valence-electron chi connectivity index (χ1n) is 5.95. The first kappa shape index (κ1) is 13.6. The van der Waals surface area contributed by atoms with Gasteiger partial charge in [0.1, 0.15) is 0 Å². The van der Waals surface area contributed by atoms with Crippen molar-refractivity contribution >= 4 is 28.5 Å². The number of aromatic amines is 1. The number of H-pyrrole nitrogens is 1. The number of hydrogen-bond acceptors (Lipinski definition) is 2. The fourth-order valence-corrected chi connectivity index (χ4v) is 1.97. The molecule has 0 fully saturated rings. The normalized spacial score (nSPS) is 11.6. The first-order chi connectivity index (χ1) is 9.36. The first-order valence-corrected chi connectivity index (χ1v) is 5.95. The van der Waals surface area contributed by atoms with E-state index in [1.165, 1.54) is 0 Å². The summed E-state index contributed by atoms with van der Waals surface area (Å²) in [6.45, 7) is 3.78. The number of pyridine rings is 1. The van der Waals surface area contributed by atoms with Crippen LogP contribution in [-0.2, 0) is 0 Å². The number of benzene rings is 1. The van der Waals surface area contributed by atoms with E-state index < -0.39 is 0 Å². The topological polar surface area (TPSA) is 136 Å². The van der Waals surface area contributed by atoms with Gasteiger partial charge in [0.25, 0.3) is 0 Å². The van der Waals surface area contributed by atoms with Crippen molar-refractivity contribution in [3.05, 3.63) is 39.7 Å². The summed E-state index contributed by atoms with van der Waals surface area (Å²) in [4.78, 5) is 22.0. The molecule has 2 rings (SSSR count). The van der Waals surface area contributed by atoms with E-state index in [-0.39, 0.29) is 17.5 Å². The lowest BCUT2D eigenvalue weighted by Gasteiger charge is -2.06. The molecule has 0 unspecified atom stereocenters. The quantitative estimate of drug-likeness (QED) is 0.440. The van der Waals surface area contributed by atoms with Crippen molar-refractivity contribution in [2.45, 2.75) is 13.8 Å². The van der Waals surface area contributed by atoms with Gasteiger partial charge in [-0.05, 0) is 37.1 Å². The summed E-state index contributed by atoms with van der Waals surface area (Å²) in [6.07, 6.45) is 0. The number of hydrogen-bond donors (Lipinski definition) is 4. The molecular formula is C13H16N6O. The standard InChI is InChI=1S/C13H16N6O/c1-6-4-11(20)17-10-5-9(7(2)3-8(6)10)18-13(16)19-12(14)15/h3-5H,1-2H3,(H,17,20)(H6,14,15,16,18,19). The molecule has 1 aromatic heterocycles. The largest absolute Gasteiger partial charge is 0.370 e. The summed E-state index contributed by atoms with van der Waals surface area (Å²) in [7, 11) is 0. The number of aliphatic imine (C=N–C) groups is 2. The third kappa shape index (κ3) is 2.77. The molecule has 7 N–H and O–H groups in total. The minimum Gasteiger partial charge on any atom is -0.370 e. The van der Waals surface area contributed by atoms with Gasteiger partial charge in [0.05, 0.1) is 11.2 Å². The van der Waals surface area contributed by atoms with Crippen molar-refractivity contribution in [3.8, 4) is 0 Å². The Bertz CT molecular complexity index is 783. The van der Waals surface area contributed by atoms with Crippen LogP contribution in [0.5, 0.6) is 0 Å². The second kappa shape index (κ2) is 5.04. The van der Waals surface area contributed by atoms with Gasteiger partial charge >= 0.3 is 0 Å². The van der Waals surface area contributed by atoms with Crippen LogP contribution < -0.4 is 22.8 Å². The van der Waals surface area contributed by atoms with E-state index in [0.29, 0.717) is 11.2 Å². The highest BCUT2D eigenvalue weighted by Gasteiger charge is 2.05. The molecule has 0 atom stereocenters. The molecule has 2 aromatic rings. The smallest absolute Gasteiger partial charge is 0.248 e. The van der Waals surface area contributed by atoms with Crippen molar-refractivity contribution in [1.29, 1.82) is 0 Å². The lowest BCUT2D eigenvalue weighted by atomic mass is 10.1. The summed E-state index contributed by atoms with van der Waals surface area (Å²) in [6, 6.07) is 5.23. The number of rotatable bonds is 1. The van der Waals surface area contributed by atoms with Crippen molar-refractivity contribution in [1.82, 2.24) is 4.98 Å². The minimum atomic E-state index is -0.161. The number of aromatic nitrogens is 1. The van der Waals surface area contributed by atoms with Gasteiger partial charge in [-0.3, -0.25) is 4.79 Å². The fourth-order valence-electron chi connectivity index (χ4n) is 1.97. The molecule has 7 nitrogen and oxygen atoms in total. The van der Waals surface area contributed by atoms with Crippen molar-refractivity contribution < 1.29 is 0 Å². The zero-order valence-corrected chi connectivity index (χ0v) is 11.3. The highest BCUT2D eigenvalue weighted by Crippen LogP contribution is 2.25. The Morgan fingerprint density at radius 3 is 2.45 bits per heavy atom. The molecule has 7 heteroatoms. The Kier molecular flexibility index (Phi) is 3.43. The van der Waals surface area contributed by atoms with E-state index in [4.69, 9.17) is 17.2 Å². The number of nitrogens with two attached hydrogens (primary N) is 3. The molecular weight excluding hydrogens is 256 g/mol. The van der Waals surface area contributed by atoms with Crippen LogP contribution in [0, 0.1) is 13.8 Å². The van der Waals surface area contributed by atoms with Gasteiger partial charge in [0.2, 0.25) is 11.5 Å². The summed E-state index contributed by atoms with van der Waals surface area (Å²) in [5.41, 5.74) is 19.0. The zero-order chi connectivity index (χ0) is 14.9. The third-order valence-electron chi connectivity index (χ3n) is 2.85. The number of fused-ring (bicyclic) bond motifs is 1. The van der Waals surface area contributed by atoms with Crippen LogP contribution in [0.25, 0.3) is 10.9 Å². The highest BCUT2D eigenvalue weighted by molar-refractivity contribution is 5.94. The number of nitrogens with zero attached hydrogens (tertiary/aromatic N) is 2. The SMILES string of the molecule is Cc1cc2c(C)cc(=O)[nH]c2cc1N=C(N)N=C(N)N. The monoisotopic (exact) mass is 272 g/mol. The second-order valence-electron chi connectivity index (χ2n) is 4.51. The molecule has 1 aromatic carbocycles. The lowest BCUT2D eigenvalue weighted by Crippen LogP contribution is -2.26. The van der Waals surface area contributed by atoms with Crippen LogP contribution in [0.3, 0.4) is 0 Å². The van der Waals surface area contributed by atoms with Crippen LogP contribution in [0.15, 0.2) is 33.0 Å². The summed E-state index contributed by atoms with van der Waals surface area (Å²) in [5.74, 6) is -0.198. The highest BCUT2D eigenvalue weighted by atomic mass is 16.1. The number of guanidine groups is 2. The number of nitrogens with one attached hydrogen (secondary N) is 1. The van der Waals surface area contributed by atoms with E-state index in [1.807, 2.05) is 19.9 Å². The zero-order valence-electron chi connectivity index (χ0n) is 11.3. The molecule has 0 radical (unpaired) electrons. The Morgan fingerprint density at radius 2 is 1.80 bits per heavy atom. The fraction of sp³-hybridized carbons (Fsp3) is 0.154. The maximum atomic E-state index is 11.5. The lowest BCUT2D eigenvalue weighted by molar-refractivity contribution is 1.26. The predicted octanol–water partition coefficient (Wildman–Crippen LogP) is 0.365. The molecule has 1 heterocycles. The van der Waals surface area contributed by atoms with Gasteiger partial charge in [0.15, 0.2) is 5.96 Å². The molecule has 0 aliphatic heterocycles. The maximum absolute atomic E-state index is 11.5. The number of aryl methyl sites for hydroxylation is 2. The Labute approximate surface area is 115 Å². The van der Waals surface area contributed by atoms with Crippen molar-refractivity contribution in [2.24, 2.45) is 27.2 Å². The predicted molar refractivity (Wildman–Crippen MR) is 81.1 cm³/mol. The van der Waals surface area contributed by atoms with Gasteiger partial charge in [-0.2, -0.15) is 4.99 Å². The Hall–Kier alpha value is -2.83. The molecule has 0 spiro atoms. The van der Waals surface area contributed by atoms with Crippen LogP contribution in [0.1, 0.15) is 11.1 Å². The van der Waals surface area contributed by atoms with Gasteiger partial charge < -0.3 is 22.2 Å². The maximum Gasteiger partial charge on any atom is 0.248 e. The molecule has 0 aliphatic rings. The molecule has 0 amide bonds. The molecule has 0 aliphatic carbocycles. The van der Waals surface area contributed by atoms with E-state index in [2.05, 4.69) is 15.0 Å². The van der Waals surface area contributed by atoms with Gasteiger partial charge in [-0.1, -0.05) is 0 Å². The van der Waals surface area contributed by atoms with Crippen molar-refractivity contribution in [3.63, 3.8) is 0 Å². The van der Waals surface area contributed by atoms with Crippen molar-refractivity contribution in [2.75, 3.05) is 0 Å². The van der Waals surface area contributed by atoms with Gasteiger partial charge in [-0.15, -0.1) is 0 Å². The van der Waals surface area contributed by atoms with E-state index in [9.17, 15) is 4.79 Å². The Morgan fingerprint density at radius 1 is 1.10 bits per heavy atom. The van der Waals surface area contributed by atoms with E-state index in [1.54, 1.807) is 12.1 Å². The molecule has 20 heavy (non-hydrogen) atoms. The molecule has 0 saturated heterocycles. The average Bonchev–Trinajstić information content (AvgIpc) is 2.30. The third-order valence-corrected chi connectivity index (χ3v) is 2.85. The van der Waals surface area contributed by atoms with Crippen LogP contribution >= 0.6 is 0 Å². The van der Waals surface area contributed by atoms with Crippen LogP contribution in [0.4, 0.5) is 5.69 Å². The van der Waals surface area contributed by atoms with Gasteiger partial charge in [-0.25, -0.2) is 4.99 Å². The van der Waals surface area contributed by atoms with E-state index >= 15 is 0 Å². The summed E-state index contributed by atoms with van der Waals surface area (Å²) >= 11 is 0. The summed E-state index contributed by atoms with van der Waals surface area (Å²) < 4.78 is 0. The average molecular weight is 272 g/mol. The van der Waals surface area contributed by atoms with E-state index in [0.717, 1.165) is 16.5 Å². The van der Waals surface area contributed by atoms with Gasteiger partial charge in [0, 0.05) is 11.5 Å². The molecule has 0 saturated carbocycles. The van der Waals surface area contributed by atoms with Crippen LogP contribution in [0.2, 0.25) is 0 Å². The molecule has 104 valence electrons. The Balaban J connectivity index is 2.64. The summed E-state index contributed by atoms with van der Waals surface area (Å²) in [5, 5.41) is 0.960. The second-order valence-corrected chi connectivity index (χ2v) is 4.51. The minimum absolute atomic E-state index is 0.0394. The van der Waals surface area contributed by atoms with Crippen LogP contribution in [-0.4, -0.2) is 16.9 Å². The molecule has 0 bridgehead atoms.